The lowest BCUT2D eigenvalue weighted by molar-refractivity contribution is -0.173. The number of aryl methyl sites for hydroxylation is 1. The first kappa shape index (κ1) is 17.9. The van der Waals surface area contributed by atoms with Gasteiger partial charge in [0.2, 0.25) is 5.91 Å². The quantitative estimate of drug-likeness (QED) is 0.761. The summed E-state index contributed by atoms with van der Waals surface area (Å²) in [7, 11) is 0. The number of likely N-dealkylation sites (tertiary alicyclic amines) is 1. The fourth-order valence-electron chi connectivity index (χ4n) is 3.41. The van der Waals surface area contributed by atoms with Crippen LogP contribution in [0.3, 0.4) is 0 Å². The molecule has 2 aromatic rings. The fourth-order valence-corrected chi connectivity index (χ4v) is 3.41. The number of imide groups is 1. The second kappa shape index (κ2) is 6.92. The molecule has 1 fully saturated rings. The van der Waals surface area contributed by atoms with E-state index in [-0.39, 0.29) is 30.0 Å². The second-order valence-electron chi connectivity index (χ2n) is 7.02. The van der Waals surface area contributed by atoms with Crippen LogP contribution >= 0.6 is 0 Å². The van der Waals surface area contributed by atoms with Crippen molar-refractivity contribution in [2.75, 3.05) is 6.54 Å². The predicted octanol–water partition coefficient (Wildman–Crippen LogP) is 2.10. The van der Waals surface area contributed by atoms with Crippen LogP contribution in [-0.4, -0.2) is 40.2 Å². The Bertz CT molecular complexity index is 948. The molecule has 142 valence electrons. The second-order valence-corrected chi connectivity index (χ2v) is 7.02. The van der Waals surface area contributed by atoms with Gasteiger partial charge >= 0.3 is 5.97 Å². The molecule has 0 saturated carbocycles. The Morgan fingerprint density at radius 1 is 1.00 bits per heavy atom. The van der Waals surface area contributed by atoms with Gasteiger partial charge in [-0.15, -0.1) is 0 Å². The molecule has 1 saturated heterocycles. The van der Waals surface area contributed by atoms with E-state index in [1.54, 1.807) is 17.0 Å². The number of fused-ring (bicyclic) bond motifs is 1. The fraction of sp³-hybridized carbons (Fsp3) is 0.238. The average molecular weight is 378 g/mol. The summed E-state index contributed by atoms with van der Waals surface area (Å²) in [5.41, 5.74) is 2.49. The van der Waals surface area contributed by atoms with Gasteiger partial charge in [0.25, 0.3) is 11.8 Å². The van der Waals surface area contributed by atoms with Crippen LogP contribution in [0.1, 0.15) is 38.3 Å². The summed E-state index contributed by atoms with van der Waals surface area (Å²) in [5.74, 6) is -2.98. The van der Waals surface area contributed by atoms with E-state index in [1.807, 2.05) is 31.2 Å². The van der Waals surface area contributed by atoms with Gasteiger partial charge in [0.05, 0.1) is 17.0 Å². The van der Waals surface area contributed by atoms with Crippen LogP contribution in [0.2, 0.25) is 0 Å². The number of nitrogens with zero attached hydrogens (tertiary/aromatic N) is 2. The van der Waals surface area contributed by atoms with Crippen LogP contribution in [0.5, 0.6) is 0 Å². The van der Waals surface area contributed by atoms with Crippen molar-refractivity contribution in [3.63, 3.8) is 0 Å². The molecule has 2 heterocycles. The van der Waals surface area contributed by atoms with E-state index >= 15 is 0 Å². The van der Waals surface area contributed by atoms with E-state index in [2.05, 4.69) is 0 Å². The summed E-state index contributed by atoms with van der Waals surface area (Å²) < 4.78 is 0. The Balaban J connectivity index is 1.41. The zero-order chi connectivity index (χ0) is 19.8. The lowest BCUT2D eigenvalue weighted by atomic mass is 10.1. The Morgan fingerprint density at radius 3 is 2.21 bits per heavy atom. The van der Waals surface area contributed by atoms with Gasteiger partial charge in [-0.2, -0.15) is 0 Å². The molecular formula is C21H18N2O5. The van der Waals surface area contributed by atoms with Crippen molar-refractivity contribution < 1.29 is 24.0 Å². The summed E-state index contributed by atoms with van der Waals surface area (Å²) in [6.45, 7) is 2.57. The van der Waals surface area contributed by atoms with Crippen molar-refractivity contribution in [2.24, 2.45) is 5.92 Å². The average Bonchev–Trinajstić information content (AvgIpc) is 3.17. The molecule has 1 atom stereocenters. The van der Waals surface area contributed by atoms with Crippen LogP contribution in [0.15, 0.2) is 48.5 Å². The molecule has 0 N–H and O–H groups in total. The highest BCUT2D eigenvalue weighted by atomic mass is 16.7. The monoisotopic (exact) mass is 378 g/mol. The minimum atomic E-state index is -0.755. The lowest BCUT2D eigenvalue weighted by Gasteiger charge is -2.18. The molecule has 2 aliphatic heterocycles. The van der Waals surface area contributed by atoms with E-state index in [0.29, 0.717) is 11.6 Å². The van der Waals surface area contributed by atoms with E-state index in [4.69, 9.17) is 4.84 Å². The first-order valence-corrected chi connectivity index (χ1v) is 8.97. The minimum Gasteiger partial charge on any atom is -0.337 e. The SMILES string of the molecule is Cc1ccc(CN2CC(C(=O)ON3C(=O)c4ccccc4C3=O)CC2=O)cc1. The van der Waals surface area contributed by atoms with Gasteiger partial charge in [-0.05, 0) is 24.6 Å². The molecule has 7 heteroatoms. The minimum absolute atomic E-state index is 0.00609. The van der Waals surface area contributed by atoms with Gasteiger partial charge in [-0.3, -0.25) is 14.4 Å². The summed E-state index contributed by atoms with van der Waals surface area (Å²) in [6, 6.07) is 14.1. The normalized spacial score (nSPS) is 18.6. The number of hydrogen-bond acceptors (Lipinski definition) is 5. The number of hydroxylamine groups is 2. The molecule has 0 bridgehead atoms. The Hall–Kier alpha value is -3.48. The maximum absolute atomic E-state index is 12.5. The molecule has 2 aliphatic rings. The van der Waals surface area contributed by atoms with Crippen LogP contribution in [-0.2, 0) is 21.0 Å². The molecule has 0 aromatic heterocycles. The Labute approximate surface area is 161 Å². The number of amides is 3. The molecule has 0 aliphatic carbocycles. The largest absolute Gasteiger partial charge is 0.338 e. The van der Waals surface area contributed by atoms with E-state index in [0.717, 1.165) is 11.1 Å². The molecule has 7 nitrogen and oxygen atoms in total. The van der Waals surface area contributed by atoms with Crippen molar-refractivity contribution in [1.29, 1.82) is 0 Å². The first-order chi connectivity index (χ1) is 13.4. The van der Waals surface area contributed by atoms with Gasteiger partial charge in [0, 0.05) is 19.5 Å². The van der Waals surface area contributed by atoms with Crippen LogP contribution in [0, 0.1) is 12.8 Å². The first-order valence-electron chi connectivity index (χ1n) is 8.97. The van der Waals surface area contributed by atoms with Gasteiger partial charge in [0.15, 0.2) is 0 Å². The zero-order valence-corrected chi connectivity index (χ0v) is 15.3. The Kier molecular flexibility index (Phi) is 4.43. The Morgan fingerprint density at radius 2 is 1.61 bits per heavy atom. The third-order valence-corrected chi connectivity index (χ3v) is 4.98. The standard InChI is InChI=1S/C21H18N2O5/c1-13-6-8-14(9-7-13)11-22-12-15(10-18(22)24)21(27)28-23-19(25)16-4-2-3-5-17(16)20(23)26/h2-9,15H,10-12H2,1H3. The van der Waals surface area contributed by atoms with E-state index in [9.17, 15) is 19.2 Å². The topological polar surface area (TPSA) is 84.0 Å². The van der Waals surface area contributed by atoms with Crippen molar-refractivity contribution >= 4 is 23.7 Å². The van der Waals surface area contributed by atoms with Crippen LogP contribution < -0.4 is 0 Å². The third-order valence-electron chi connectivity index (χ3n) is 4.98. The number of carbonyl (C=O) groups is 4. The van der Waals surface area contributed by atoms with Crippen molar-refractivity contribution in [3.8, 4) is 0 Å². The molecule has 1 unspecified atom stereocenters. The smallest absolute Gasteiger partial charge is 0.337 e. The van der Waals surface area contributed by atoms with Crippen LogP contribution in [0.4, 0.5) is 0 Å². The van der Waals surface area contributed by atoms with Gasteiger partial charge < -0.3 is 9.74 Å². The maximum Gasteiger partial charge on any atom is 0.338 e. The number of hydrogen-bond donors (Lipinski definition) is 0. The van der Waals surface area contributed by atoms with Gasteiger partial charge in [-0.25, -0.2) is 4.79 Å². The van der Waals surface area contributed by atoms with E-state index < -0.39 is 23.7 Å². The lowest BCUT2D eigenvalue weighted by Crippen LogP contribution is -2.35. The molecule has 4 rings (SSSR count). The summed E-state index contributed by atoms with van der Waals surface area (Å²) in [6.07, 6.45) is -0.00609. The molecule has 0 radical (unpaired) electrons. The van der Waals surface area contributed by atoms with Crippen molar-refractivity contribution in [2.45, 2.75) is 19.9 Å². The highest BCUT2D eigenvalue weighted by molar-refractivity contribution is 6.20. The molecule has 28 heavy (non-hydrogen) atoms. The number of benzene rings is 2. The third kappa shape index (κ3) is 3.15. The zero-order valence-electron chi connectivity index (χ0n) is 15.3. The van der Waals surface area contributed by atoms with Crippen molar-refractivity contribution in [1.82, 2.24) is 9.96 Å². The number of carbonyl (C=O) groups excluding carboxylic acids is 4. The predicted molar refractivity (Wildman–Crippen MR) is 97.7 cm³/mol. The molecule has 2 aromatic carbocycles. The molecule has 0 spiro atoms. The van der Waals surface area contributed by atoms with Gasteiger partial charge in [-0.1, -0.05) is 47.0 Å². The molecule has 3 amide bonds. The summed E-state index contributed by atoms with van der Waals surface area (Å²) in [5, 5.41) is 0.486. The number of rotatable bonds is 4. The summed E-state index contributed by atoms with van der Waals surface area (Å²) >= 11 is 0. The van der Waals surface area contributed by atoms with Gasteiger partial charge in [0.1, 0.15) is 0 Å². The highest BCUT2D eigenvalue weighted by Gasteiger charge is 2.42. The van der Waals surface area contributed by atoms with Crippen molar-refractivity contribution in [3.05, 3.63) is 70.8 Å². The maximum atomic E-state index is 12.5. The van der Waals surface area contributed by atoms with Crippen LogP contribution in [0.25, 0.3) is 0 Å². The summed E-state index contributed by atoms with van der Waals surface area (Å²) in [4.78, 5) is 56.0. The highest BCUT2D eigenvalue weighted by Crippen LogP contribution is 2.26. The molecular weight excluding hydrogens is 360 g/mol. The van der Waals surface area contributed by atoms with E-state index in [1.165, 1.54) is 12.1 Å².